The fourth-order valence-corrected chi connectivity index (χ4v) is 3.48. The molecule has 0 radical (unpaired) electrons. The van der Waals surface area contributed by atoms with Crippen molar-refractivity contribution in [1.29, 1.82) is 0 Å². The molecule has 1 aromatic heterocycles. The minimum atomic E-state index is -0.724. The third-order valence-electron chi connectivity index (χ3n) is 2.50. The lowest BCUT2D eigenvalue weighted by molar-refractivity contribution is 0.0601. The summed E-state index contributed by atoms with van der Waals surface area (Å²) in [4.78, 5) is 24.2. The van der Waals surface area contributed by atoms with Crippen LogP contribution in [0, 0.1) is 5.82 Å². The molecule has 21 heavy (non-hydrogen) atoms. The minimum Gasteiger partial charge on any atom is -0.465 e. The van der Waals surface area contributed by atoms with Gasteiger partial charge in [-0.3, -0.25) is 4.79 Å². The molecule has 0 saturated carbocycles. The number of nitrogens with one attached hydrogen (secondary N) is 1. The molecule has 2 rings (SSSR count). The first-order valence-corrected chi connectivity index (χ1v) is 7.96. The summed E-state index contributed by atoms with van der Waals surface area (Å²) in [6, 6.07) is 5.13. The SMILES string of the molecule is COC(=O)c1cc(F)ccc1NC(=O)c1cc(Br)c(Br)s1. The molecule has 0 spiro atoms. The number of hydrogen-bond donors (Lipinski definition) is 1. The highest BCUT2D eigenvalue weighted by atomic mass is 79.9. The lowest BCUT2D eigenvalue weighted by atomic mass is 10.1. The second-order valence-corrected chi connectivity index (χ2v) is 7.09. The van der Waals surface area contributed by atoms with Crippen LogP contribution in [0.15, 0.2) is 32.5 Å². The molecule has 8 heteroatoms. The summed E-state index contributed by atoms with van der Waals surface area (Å²) in [7, 11) is 1.19. The summed E-state index contributed by atoms with van der Waals surface area (Å²) < 4.78 is 19.3. The number of methoxy groups -OCH3 is 1. The van der Waals surface area contributed by atoms with Crippen LogP contribution in [0.2, 0.25) is 0 Å². The number of hydrogen-bond acceptors (Lipinski definition) is 4. The van der Waals surface area contributed by atoms with Crippen LogP contribution in [0.25, 0.3) is 0 Å². The van der Waals surface area contributed by atoms with Crippen LogP contribution in [-0.2, 0) is 4.74 Å². The van der Waals surface area contributed by atoms with Gasteiger partial charge in [-0.25, -0.2) is 9.18 Å². The van der Waals surface area contributed by atoms with Crippen molar-refractivity contribution in [3.8, 4) is 0 Å². The second kappa shape index (κ2) is 6.67. The van der Waals surface area contributed by atoms with Gasteiger partial charge in [-0.15, -0.1) is 11.3 Å². The van der Waals surface area contributed by atoms with Gasteiger partial charge in [0.2, 0.25) is 0 Å². The van der Waals surface area contributed by atoms with Gasteiger partial charge in [0.25, 0.3) is 5.91 Å². The average molecular weight is 437 g/mol. The zero-order valence-electron chi connectivity index (χ0n) is 10.6. The molecule has 0 atom stereocenters. The molecular formula is C13H8Br2FNO3S. The van der Waals surface area contributed by atoms with Gasteiger partial charge < -0.3 is 10.1 Å². The molecule has 1 aromatic carbocycles. The van der Waals surface area contributed by atoms with E-state index in [0.29, 0.717) is 4.88 Å². The molecule has 1 N–H and O–H groups in total. The summed E-state index contributed by atoms with van der Waals surface area (Å²) >= 11 is 7.82. The van der Waals surface area contributed by atoms with Crippen molar-refractivity contribution in [2.24, 2.45) is 0 Å². The van der Waals surface area contributed by atoms with E-state index in [9.17, 15) is 14.0 Å². The quantitative estimate of drug-likeness (QED) is 0.723. The van der Waals surface area contributed by atoms with Crippen molar-refractivity contribution in [3.05, 3.63) is 48.8 Å². The van der Waals surface area contributed by atoms with Crippen LogP contribution in [0.4, 0.5) is 10.1 Å². The molecular weight excluding hydrogens is 429 g/mol. The van der Waals surface area contributed by atoms with E-state index in [2.05, 4.69) is 41.9 Å². The molecule has 0 aliphatic rings. The number of carbonyl (C=O) groups excluding carboxylic acids is 2. The van der Waals surface area contributed by atoms with Gasteiger partial charge in [-0.2, -0.15) is 0 Å². The number of thiophene rings is 1. The number of carbonyl (C=O) groups is 2. The number of esters is 1. The monoisotopic (exact) mass is 435 g/mol. The van der Waals surface area contributed by atoms with Crippen LogP contribution in [-0.4, -0.2) is 19.0 Å². The van der Waals surface area contributed by atoms with Crippen molar-refractivity contribution >= 4 is 60.8 Å². The maximum atomic E-state index is 13.2. The summed E-state index contributed by atoms with van der Waals surface area (Å²) in [6.45, 7) is 0. The lowest BCUT2D eigenvalue weighted by Crippen LogP contribution is -2.14. The highest BCUT2D eigenvalue weighted by Crippen LogP contribution is 2.33. The standard InChI is InChI=1S/C13H8Br2FNO3S/c1-20-13(19)7-4-6(16)2-3-9(7)17-12(18)10-5-8(14)11(15)21-10/h2-5H,1H3,(H,17,18). The van der Waals surface area contributed by atoms with Gasteiger partial charge in [0.05, 0.1) is 27.0 Å². The fraction of sp³-hybridized carbons (Fsp3) is 0.0769. The molecule has 1 heterocycles. The maximum absolute atomic E-state index is 13.2. The Kier molecular flexibility index (Phi) is 5.13. The van der Waals surface area contributed by atoms with Gasteiger partial charge in [-0.05, 0) is 56.1 Å². The van der Waals surface area contributed by atoms with Gasteiger partial charge >= 0.3 is 5.97 Å². The lowest BCUT2D eigenvalue weighted by Gasteiger charge is -2.09. The Hall–Kier alpha value is -1.25. The van der Waals surface area contributed by atoms with E-state index in [1.807, 2.05) is 0 Å². The highest BCUT2D eigenvalue weighted by Gasteiger charge is 2.17. The zero-order valence-corrected chi connectivity index (χ0v) is 14.6. The van der Waals surface area contributed by atoms with E-state index in [-0.39, 0.29) is 11.3 Å². The smallest absolute Gasteiger partial charge is 0.340 e. The Labute approximate surface area is 140 Å². The number of amides is 1. The third kappa shape index (κ3) is 3.69. The van der Waals surface area contributed by atoms with Crippen LogP contribution in [0.1, 0.15) is 20.0 Å². The molecule has 0 bridgehead atoms. The Morgan fingerprint density at radius 2 is 2.00 bits per heavy atom. The molecule has 2 aromatic rings. The first kappa shape index (κ1) is 16.1. The van der Waals surface area contributed by atoms with Crippen LogP contribution >= 0.6 is 43.2 Å². The first-order chi connectivity index (χ1) is 9.92. The Bertz CT molecular complexity index is 698. The van der Waals surface area contributed by atoms with Gasteiger partial charge in [-0.1, -0.05) is 0 Å². The van der Waals surface area contributed by atoms with Crippen molar-refractivity contribution in [2.45, 2.75) is 0 Å². The van der Waals surface area contributed by atoms with Gasteiger partial charge in [0.1, 0.15) is 5.82 Å². The third-order valence-corrected chi connectivity index (χ3v) is 5.76. The molecule has 0 aliphatic carbocycles. The van der Waals surface area contributed by atoms with E-state index in [1.54, 1.807) is 6.07 Å². The number of benzene rings is 1. The predicted octanol–water partition coefficient (Wildman–Crippen LogP) is 4.45. The second-order valence-electron chi connectivity index (χ2n) is 3.87. The van der Waals surface area contributed by atoms with Crippen LogP contribution in [0.5, 0.6) is 0 Å². The van der Waals surface area contributed by atoms with Gasteiger partial charge in [0.15, 0.2) is 0 Å². The number of anilines is 1. The van der Waals surface area contributed by atoms with Crippen LogP contribution in [0.3, 0.4) is 0 Å². The predicted molar refractivity (Wildman–Crippen MR) is 85.4 cm³/mol. The Balaban J connectivity index is 2.30. The molecule has 110 valence electrons. The summed E-state index contributed by atoms with van der Waals surface area (Å²) in [6.07, 6.45) is 0. The summed E-state index contributed by atoms with van der Waals surface area (Å²) in [5, 5.41) is 2.57. The topological polar surface area (TPSA) is 55.4 Å². The van der Waals surface area contributed by atoms with Crippen molar-refractivity contribution < 1.29 is 18.7 Å². The molecule has 0 saturated heterocycles. The van der Waals surface area contributed by atoms with E-state index >= 15 is 0 Å². The average Bonchev–Trinajstić information content (AvgIpc) is 2.80. The van der Waals surface area contributed by atoms with E-state index in [1.165, 1.54) is 24.5 Å². The Morgan fingerprint density at radius 3 is 2.57 bits per heavy atom. The summed E-state index contributed by atoms with van der Waals surface area (Å²) in [5.74, 6) is -1.71. The van der Waals surface area contributed by atoms with Gasteiger partial charge in [0, 0.05) is 4.47 Å². The minimum absolute atomic E-state index is 0.0412. The molecule has 1 amide bonds. The van der Waals surface area contributed by atoms with Crippen molar-refractivity contribution in [2.75, 3.05) is 12.4 Å². The number of halogens is 3. The van der Waals surface area contributed by atoms with E-state index in [4.69, 9.17) is 0 Å². The maximum Gasteiger partial charge on any atom is 0.340 e. The van der Waals surface area contributed by atoms with E-state index < -0.39 is 17.7 Å². The largest absolute Gasteiger partial charge is 0.465 e. The Morgan fingerprint density at radius 1 is 1.29 bits per heavy atom. The van der Waals surface area contributed by atoms with Crippen molar-refractivity contribution in [1.82, 2.24) is 0 Å². The van der Waals surface area contributed by atoms with E-state index in [0.717, 1.165) is 20.4 Å². The molecule has 4 nitrogen and oxygen atoms in total. The number of ether oxygens (including phenoxy) is 1. The number of rotatable bonds is 3. The first-order valence-electron chi connectivity index (χ1n) is 5.56. The van der Waals surface area contributed by atoms with Crippen LogP contribution < -0.4 is 5.32 Å². The summed E-state index contributed by atoms with van der Waals surface area (Å²) in [5.41, 5.74) is 0.148. The van der Waals surface area contributed by atoms with Crippen molar-refractivity contribution in [3.63, 3.8) is 0 Å². The molecule has 0 fully saturated rings. The zero-order chi connectivity index (χ0) is 15.6. The highest BCUT2D eigenvalue weighted by molar-refractivity contribution is 9.13. The fourth-order valence-electron chi connectivity index (χ4n) is 1.55. The molecule has 0 unspecified atom stereocenters. The normalized spacial score (nSPS) is 10.3. The molecule has 0 aliphatic heterocycles.